The first-order chi connectivity index (χ1) is 12.1. The van der Waals surface area contributed by atoms with Crippen LogP contribution in [0.15, 0.2) is 24.5 Å². The lowest BCUT2D eigenvalue weighted by Crippen LogP contribution is -2.37. The highest BCUT2D eigenvalue weighted by Gasteiger charge is 2.26. The maximum atomic E-state index is 12.5. The largest absolute Gasteiger partial charge is 0.494 e. The van der Waals surface area contributed by atoms with E-state index >= 15 is 0 Å². The van der Waals surface area contributed by atoms with Gasteiger partial charge in [-0.05, 0) is 51.0 Å². The molecule has 134 valence electrons. The smallest absolute Gasteiger partial charge is 0.227 e. The fourth-order valence-corrected chi connectivity index (χ4v) is 2.94. The minimum atomic E-state index is -0.222. The van der Waals surface area contributed by atoms with E-state index in [0.717, 1.165) is 22.9 Å². The van der Waals surface area contributed by atoms with E-state index < -0.39 is 0 Å². The van der Waals surface area contributed by atoms with Gasteiger partial charge in [0.15, 0.2) is 0 Å². The fraction of sp³-hybridized carbons (Fsp3) is 0.500. The Morgan fingerprint density at radius 1 is 1.48 bits per heavy atom. The van der Waals surface area contributed by atoms with Gasteiger partial charge in [-0.25, -0.2) is 9.67 Å². The molecular formula is C18H24N4O3. The van der Waals surface area contributed by atoms with Gasteiger partial charge in [0.05, 0.1) is 19.1 Å². The Hall–Kier alpha value is -2.57. The van der Waals surface area contributed by atoms with Gasteiger partial charge in [-0.1, -0.05) is 0 Å². The number of ether oxygens (including phenoxy) is 2. The molecule has 7 heteroatoms. The van der Waals surface area contributed by atoms with Crippen LogP contribution in [0.25, 0.3) is 0 Å². The van der Waals surface area contributed by atoms with Crippen molar-refractivity contribution in [2.45, 2.75) is 39.8 Å². The molecule has 2 heterocycles. The molecule has 2 aromatic rings. The van der Waals surface area contributed by atoms with Crippen molar-refractivity contribution < 1.29 is 14.3 Å². The van der Waals surface area contributed by atoms with Crippen molar-refractivity contribution in [1.82, 2.24) is 20.1 Å². The summed E-state index contributed by atoms with van der Waals surface area (Å²) in [5.41, 5.74) is 1.00. The summed E-state index contributed by atoms with van der Waals surface area (Å²) in [6, 6.07) is 5.95. The monoisotopic (exact) mass is 344 g/mol. The van der Waals surface area contributed by atoms with Crippen LogP contribution in [0.5, 0.6) is 11.5 Å². The first kappa shape index (κ1) is 17.3. The maximum absolute atomic E-state index is 12.5. The van der Waals surface area contributed by atoms with Crippen molar-refractivity contribution >= 4 is 5.91 Å². The van der Waals surface area contributed by atoms with Crippen LogP contribution in [-0.2, 0) is 17.8 Å². The van der Waals surface area contributed by atoms with Crippen LogP contribution in [-0.4, -0.2) is 33.9 Å². The molecule has 1 aliphatic heterocycles. The van der Waals surface area contributed by atoms with Crippen LogP contribution in [0.2, 0.25) is 0 Å². The number of carbonyl (C=O) groups excluding carboxylic acids is 1. The Balaban J connectivity index is 1.62. The zero-order valence-corrected chi connectivity index (χ0v) is 14.9. The van der Waals surface area contributed by atoms with E-state index in [1.54, 1.807) is 4.68 Å². The van der Waals surface area contributed by atoms with Gasteiger partial charge in [-0.15, -0.1) is 0 Å². The molecule has 25 heavy (non-hydrogen) atoms. The van der Waals surface area contributed by atoms with E-state index in [1.165, 1.54) is 6.33 Å². The molecule has 0 aliphatic carbocycles. The molecule has 1 aromatic heterocycles. The number of aromatic nitrogens is 3. The third-order valence-corrected chi connectivity index (χ3v) is 4.18. The molecule has 0 radical (unpaired) electrons. The van der Waals surface area contributed by atoms with Crippen molar-refractivity contribution in [2.75, 3.05) is 13.2 Å². The fourth-order valence-electron chi connectivity index (χ4n) is 2.94. The van der Waals surface area contributed by atoms with Gasteiger partial charge < -0.3 is 14.8 Å². The molecule has 1 N–H and O–H groups in total. The average Bonchev–Trinajstić information content (AvgIpc) is 3.08. The highest BCUT2D eigenvalue weighted by molar-refractivity contribution is 5.79. The molecule has 7 nitrogen and oxygen atoms in total. The van der Waals surface area contributed by atoms with Crippen LogP contribution < -0.4 is 14.8 Å². The summed E-state index contributed by atoms with van der Waals surface area (Å²) in [6.45, 7) is 7.36. The van der Waals surface area contributed by atoms with Gasteiger partial charge in [0.2, 0.25) is 5.91 Å². The maximum Gasteiger partial charge on any atom is 0.227 e. The predicted molar refractivity (Wildman–Crippen MR) is 92.6 cm³/mol. The third kappa shape index (κ3) is 3.92. The Morgan fingerprint density at radius 2 is 2.32 bits per heavy atom. The van der Waals surface area contributed by atoms with Crippen molar-refractivity contribution in [1.29, 1.82) is 0 Å². The lowest BCUT2D eigenvalue weighted by Gasteiger charge is -2.25. The molecule has 1 unspecified atom stereocenters. The van der Waals surface area contributed by atoms with E-state index in [1.807, 2.05) is 39.0 Å². The third-order valence-electron chi connectivity index (χ3n) is 4.18. The zero-order chi connectivity index (χ0) is 17.8. The van der Waals surface area contributed by atoms with Gasteiger partial charge >= 0.3 is 0 Å². The Bertz CT molecular complexity index is 742. The second-order valence-corrected chi connectivity index (χ2v) is 6.35. The van der Waals surface area contributed by atoms with E-state index in [4.69, 9.17) is 9.47 Å². The molecule has 0 saturated carbocycles. The van der Waals surface area contributed by atoms with Crippen LogP contribution in [0.3, 0.4) is 0 Å². The topological polar surface area (TPSA) is 78.3 Å². The van der Waals surface area contributed by atoms with Gasteiger partial charge in [0.1, 0.15) is 30.3 Å². The Kier molecular flexibility index (Phi) is 5.21. The minimum Gasteiger partial charge on any atom is -0.494 e. The first-order valence-electron chi connectivity index (χ1n) is 8.63. The summed E-state index contributed by atoms with van der Waals surface area (Å²) in [7, 11) is 0. The van der Waals surface area contributed by atoms with Gasteiger partial charge in [-0.2, -0.15) is 5.10 Å². The SMILES string of the molecule is CCOc1ccc2c(c1)CC(C(=O)NCc1ncnn1C(C)C)CO2. The lowest BCUT2D eigenvalue weighted by atomic mass is 9.96. The second-order valence-electron chi connectivity index (χ2n) is 6.35. The number of fused-ring (bicyclic) bond motifs is 1. The molecule has 0 saturated heterocycles. The molecular weight excluding hydrogens is 320 g/mol. The molecule has 0 spiro atoms. The number of hydrogen-bond acceptors (Lipinski definition) is 5. The second kappa shape index (κ2) is 7.55. The number of benzene rings is 1. The molecule has 1 aromatic carbocycles. The molecule has 0 fully saturated rings. The summed E-state index contributed by atoms with van der Waals surface area (Å²) in [5.74, 6) is 2.12. The zero-order valence-electron chi connectivity index (χ0n) is 14.9. The van der Waals surface area contributed by atoms with E-state index in [-0.39, 0.29) is 17.9 Å². The standard InChI is InChI=1S/C18H24N4O3/c1-4-24-15-5-6-16-13(8-15)7-14(10-25-16)18(23)19-9-17-20-11-21-22(17)12(2)3/h5-6,8,11-12,14H,4,7,9-10H2,1-3H3,(H,19,23). The quantitative estimate of drug-likeness (QED) is 0.868. The van der Waals surface area contributed by atoms with E-state index in [9.17, 15) is 4.79 Å². The molecule has 0 bridgehead atoms. The molecule has 3 rings (SSSR count). The Morgan fingerprint density at radius 3 is 3.08 bits per heavy atom. The summed E-state index contributed by atoms with van der Waals surface area (Å²) in [6.07, 6.45) is 2.15. The van der Waals surface area contributed by atoms with Gasteiger partial charge in [-0.3, -0.25) is 4.79 Å². The minimum absolute atomic E-state index is 0.0363. The van der Waals surface area contributed by atoms with Crippen molar-refractivity contribution in [2.24, 2.45) is 5.92 Å². The lowest BCUT2D eigenvalue weighted by molar-refractivity contribution is -0.126. The summed E-state index contributed by atoms with van der Waals surface area (Å²) < 4.78 is 13.1. The van der Waals surface area contributed by atoms with E-state index in [0.29, 0.717) is 26.2 Å². The van der Waals surface area contributed by atoms with Crippen LogP contribution >= 0.6 is 0 Å². The van der Waals surface area contributed by atoms with Crippen LogP contribution in [0.1, 0.15) is 38.2 Å². The summed E-state index contributed by atoms with van der Waals surface area (Å²) in [5, 5.41) is 7.13. The van der Waals surface area contributed by atoms with Crippen molar-refractivity contribution in [3.63, 3.8) is 0 Å². The van der Waals surface area contributed by atoms with Crippen LogP contribution in [0.4, 0.5) is 0 Å². The molecule has 1 amide bonds. The number of amides is 1. The number of nitrogens with one attached hydrogen (secondary N) is 1. The number of nitrogens with zero attached hydrogens (tertiary/aromatic N) is 3. The van der Waals surface area contributed by atoms with E-state index in [2.05, 4.69) is 15.4 Å². The number of rotatable bonds is 6. The number of carbonyl (C=O) groups is 1. The Labute approximate surface area is 147 Å². The normalized spacial score (nSPS) is 16.2. The summed E-state index contributed by atoms with van der Waals surface area (Å²) in [4.78, 5) is 16.7. The highest BCUT2D eigenvalue weighted by atomic mass is 16.5. The van der Waals surface area contributed by atoms with Gasteiger partial charge in [0.25, 0.3) is 0 Å². The predicted octanol–water partition coefficient (Wildman–Crippen LogP) is 2.13. The summed E-state index contributed by atoms with van der Waals surface area (Å²) >= 11 is 0. The molecule has 1 aliphatic rings. The van der Waals surface area contributed by atoms with Gasteiger partial charge in [0, 0.05) is 6.04 Å². The average molecular weight is 344 g/mol. The highest BCUT2D eigenvalue weighted by Crippen LogP contribution is 2.30. The van der Waals surface area contributed by atoms with Crippen molar-refractivity contribution in [3.8, 4) is 11.5 Å². The first-order valence-corrected chi connectivity index (χ1v) is 8.63. The molecule has 1 atom stereocenters. The number of hydrogen-bond donors (Lipinski definition) is 1. The van der Waals surface area contributed by atoms with Crippen molar-refractivity contribution in [3.05, 3.63) is 35.9 Å². The van der Waals surface area contributed by atoms with Crippen LogP contribution in [0, 0.1) is 5.92 Å².